The molecule has 0 aliphatic heterocycles. The number of rotatable bonds is 2. The Hall–Kier alpha value is -0.310. The molecule has 0 aliphatic rings. The van der Waals surface area contributed by atoms with Crippen LogP contribution in [-0.2, 0) is 4.74 Å². The molecule has 1 N–H and O–H groups in total. The quantitative estimate of drug-likeness (QED) is 0.595. The minimum absolute atomic E-state index is 0.227. The van der Waals surface area contributed by atoms with E-state index in [-0.39, 0.29) is 6.10 Å². The first kappa shape index (κ1) is 8.69. The number of thiocarbonyl (C=S) groups is 1. The Kier molecular flexibility index (Phi) is 4.40. The second kappa shape index (κ2) is 4.56. The molecule has 0 aliphatic carbocycles. The summed E-state index contributed by atoms with van der Waals surface area (Å²) in [7, 11) is 1.75. The molecule has 0 heterocycles. The van der Waals surface area contributed by atoms with Gasteiger partial charge in [-0.05, 0) is 25.6 Å². The lowest BCUT2D eigenvalue weighted by molar-refractivity contribution is 0.202. The van der Waals surface area contributed by atoms with Gasteiger partial charge in [-0.2, -0.15) is 0 Å². The van der Waals surface area contributed by atoms with Crippen molar-refractivity contribution in [3.8, 4) is 0 Å². The molecule has 0 bridgehead atoms. The molecule has 0 unspecified atom stereocenters. The van der Waals surface area contributed by atoms with Crippen molar-refractivity contribution in [2.45, 2.75) is 26.4 Å². The second-order valence-electron chi connectivity index (χ2n) is 1.87. The molecule has 3 heteroatoms. The third kappa shape index (κ3) is 4.21. The zero-order valence-corrected chi connectivity index (χ0v) is 6.92. The van der Waals surface area contributed by atoms with E-state index in [2.05, 4.69) is 12.2 Å². The van der Waals surface area contributed by atoms with Gasteiger partial charge in [-0.3, -0.25) is 0 Å². The Morgan fingerprint density at radius 3 is 2.67 bits per heavy atom. The van der Waals surface area contributed by atoms with E-state index in [4.69, 9.17) is 17.0 Å². The van der Waals surface area contributed by atoms with E-state index < -0.39 is 0 Å². The van der Waals surface area contributed by atoms with Crippen molar-refractivity contribution in [3.63, 3.8) is 0 Å². The van der Waals surface area contributed by atoms with Crippen molar-refractivity contribution >= 4 is 17.4 Å². The number of nitrogens with one attached hydrogen (secondary N) is 1. The van der Waals surface area contributed by atoms with Crippen molar-refractivity contribution in [1.82, 2.24) is 5.32 Å². The van der Waals surface area contributed by atoms with Gasteiger partial charge in [0, 0.05) is 7.05 Å². The lowest BCUT2D eigenvalue weighted by Gasteiger charge is -2.11. The predicted molar refractivity (Wildman–Crippen MR) is 42.5 cm³/mol. The molecule has 0 aromatic rings. The molecule has 1 atom stereocenters. The molecule has 0 amide bonds. The van der Waals surface area contributed by atoms with Gasteiger partial charge in [0.25, 0.3) is 5.17 Å². The zero-order valence-electron chi connectivity index (χ0n) is 6.10. The van der Waals surface area contributed by atoms with E-state index in [9.17, 15) is 0 Å². The molecule has 0 aromatic heterocycles. The van der Waals surface area contributed by atoms with Crippen LogP contribution in [0.1, 0.15) is 20.3 Å². The van der Waals surface area contributed by atoms with Crippen LogP contribution >= 0.6 is 12.2 Å². The number of ether oxygens (including phenoxy) is 1. The smallest absolute Gasteiger partial charge is 0.256 e. The van der Waals surface area contributed by atoms with Gasteiger partial charge in [0.05, 0.1) is 6.10 Å². The van der Waals surface area contributed by atoms with Crippen LogP contribution in [0, 0.1) is 0 Å². The zero-order chi connectivity index (χ0) is 7.28. The maximum absolute atomic E-state index is 5.17. The average molecular weight is 147 g/mol. The summed E-state index contributed by atoms with van der Waals surface area (Å²) in [5.74, 6) is 0. The van der Waals surface area contributed by atoms with Crippen LogP contribution in [0.2, 0.25) is 0 Å². The lowest BCUT2D eigenvalue weighted by Crippen LogP contribution is -2.23. The van der Waals surface area contributed by atoms with Crippen LogP contribution in [0.5, 0.6) is 0 Å². The minimum atomic E-state index is 0.227. The van der Waals surface area contributed by atoms with Gasteiger partial charge in [0.15, 0.2) is 0 Å². The molecule has 0 spiro atoms. The Morgan fingerprint density at radius 1 is 1.78 bits per heavy atom. The van der Waals surface area contributed by atoms with Gasteiger partial charge in [0.1, 0.15) is 0 Å². The molecular formula is C6H13NOS. The van der Waals surface area contributed by atoms with Crippen molar-refractivity contribution in [2.24, 2.45) is 0 Å². The van der Waals surface area contributed by atoms with Crippen LogP contribution in [-0.4, -0.2) is 18.3 Å². The SMILES string of the molecule is CC[C@H](C)OC(=S)NC. The number of hydrogen-bond acceptors (Lipinski definition) is 2. The molecule has 0 fully saturated rings. The van der Waals surface area contributed by atoms with Gasteiger partial charge < -0.3 is 10.1 Å². The molecule has 54 valence electrons. The van der Waals surface area contributed by atoms with E-state index in [1.807, 2.05) is 6.92 Å². The highest BCUT2D eigenvalue weighted by Crippen LogP contribution is 1.94. The predicted octanol–water partition coefficient (Wildman–Crippen LogP) is 1.31. The highest BCUT2D eigenvalue weighted by molar-refractivity contribution is 7.80. The maximum atomic E-state index is 5.17. The summed E-state index contributed by atoms with van der Waals surface area (Å²) < 4.78 is 5.17. The summed E-state index contributed by atoms with van der Waals surface area (Å²) >= 11 is 4.76. The topological polar surface area (TPSA) is 21.3 Å². The van der Waals surface area contributed by atoms with Gasteiger partial charge >= 0.3 is 0 Å². The standard InChI is InChI=1S/C6H13NOS/c1-4-5(2)8-6(9)7-3/h5H,4H2,1-3H3,(H,7,9)/t5-/m0/s1. The first-order valence-electron chi connectivity index (χ1n) is 3.09. The Bertz CT molecular complexity index is 95.1. The second-order valence-corrected chi connectivity index (χ2v) is 2.24. The summed E-state index contributed by atoms with van der Waals surface area (Å²) in [6, 6.07) is 0. The van der Waals surface area contributed by atoms with Crippen molar-refractivity contribution < 1.29 is 4.74 Å². The third-order valence-corrected chi connectivity index (χ3v) is 1.39. The first-order valence-corrected chi connectivity index (χ1v) is 3.49. The van der Waals surface area contributed by atoms with E-state index in [0.717, 1.165) is 6.42 Å². The fourth-order valence-corrected chi connectivity index (χ4v) is 0.489. The number of hydrogen-bond donors (Lipinski definition) is 1. The van der Waals surface area contributed by atoms with Crippen LogP contribution in [0.3, 0.4) is 0 Å². The fourth-order valence-electron chi connectivity index (χ4n) is 0.325. The molecule has 0 radical (unpaired) electrons. The van der Waals surface area contributed by atoms with Crippen molar-refractivity contribution in [2.75, 3.05) is 7.05 Å². The fraction of sp³-hybridized carbons (Fsp3) is 0.833. The summed E-state index contributed by atoms with van der Waals surface area (Å²) in [6.45, 7) is 4.05. The normalized spacial score (nSPS) is 12.3. The van der Waals surface area contributed by atoms with Gasteiger partial charge in [-0.25, -0.2) is 0 Å². The Balaban J connectivity index is 3.34. The van der Waals surface area contributed by atoms with Crippen LogP contribution in [0.15, 0.2) is 0 Å². The summed E-state index contributed by atoms with van der Waals surface area (Å²) in [5.41, 5.74) is 0. The van der Waals surface area contributed by atoms with Gasteiger partial charge in [-0.15, -0.1) is 0 Å². The summed E-state index contributed by atoms with van der Waals surface area (Å²) in [4.78, 5) is 0. The molecule has 0 aromatic carbocycles. The molecule has 9 heavy (non-hydrogen) atoms. The average Bonchev–Trinajstić information content (AvgIpc) is 1.87. The van der Waals surface area contributed by atoms with Crippen molar-refractivity contribution in [1.29, 1.82) is 0 Å². The van der Waals surface area contributed by atoms with Crippen LogP contribution in [0.4, 0.5) is 0 Å². The molecule has 0 rings (SSSR count). The van der Waals surface area contributed by atoms with Crippen LogP contribution < -0.4 is 5.32 Å². The molecule has 2 nitrogen and oxygen atoms in total. The Morgan fingerprint density at radius 2 is 2.33 bits per heavy atom. The first-order chi connectivity index (χ1) is 4.20. The summed E-state index contributed by atoms with van der Waals surface area (Å²) in [6.07, 6.45) is 1.21. The van der Waals surface area contributed by atoms with E-state index >= 15 is 0 Å². The maximum Gasteiger partial charge on any atom is 0.256 e. The largest absolute Gasteiger partial charge is 0.468 e. The minimum Gasteiger partial charge on any atom is -0.468 e. The molecular weight excluding hydrogens is 134 g/mol. The van der Waals surface area contributed by atoms with Crippen molar-refractivity contribution in [3.05, 3.63) is 0 Å². The van der Waals surface area contributed by atoms with Gasteiger partial charge in [-0.1, -0.05) is 6.92 Å². The van der Waals surface area contributed by atoms with Gasteiger partial charge in [0.2, 0.25) is 0 Å². The summed E-state index contributed by atoms with van der Waals surface area (Å²) in [5, 5.41) is 3.22. The third-order valence-electron chi connectivity index (χ3n) is 1.09. The van der Waals surface area contributed by atoms with E-state index in [0.29, 0.717) is 5.17 Å². The van der Waals surface area contributed by atoms with E-state index in [1.165, 1.54) is 0 Å². The van der Waals surface area contributed by atoms with Crippen LogP contribution in [0.25, 0.3) is 0 Å². The highest BCUT2D eigenvalue weighted by atomic mass is 32.1. The highest BCUT2D eigenvalue weighted by Gasteiger charge is 1.99. The van der Waals surface area contributed by atoms with E-state index in [1.54, 1.807) is 7.05 Å². The Labute approximate surface area is 61.6 Å². The molecule has 0 saturated heterocycles. The molecule has 0 saturated carbocycles. The monoisotopic (exact) mass is 147 g/mol. The lowest BCUT2D eigenvalue weighted by atomic mass is 10.3.